The Kier molecular flexibility index (Phi) is 5.40. The van der Waals surface area contributed by atoms with Crippen LogP contribution in [0.5, 0.6) is 5.75 Å². The molecule has 0 spiro atoms. The SMILES string of the molecule is CN=Cc1cc(-c2ccc3nc(C4CCNCC4)ccc3n2)c(OC)c(F)c1N. The van der Waals surface area contributed by atoms with Crippen molar-refractivity contribution < 1.29 is 9.13 Å². The Labute approximate surface area is 169 Å². The van der Waals surface area contributed by atoms with Crippen LogP contribution >= 0.6 is 0 Å². The van der Waals surface area contributed by atoms with Crippen molar-refractivity contribution in [3.8, 4) is 17.0 Å². The summed E-state index contributed by atoms with van der Waals surface area (Å²) in [6.07, 6.45) is 3.71. The van der Waals surface area contributed by atoms with Gasteiger partial charge in [0.15, 0.2) is 11.6 Å². The van der Waals surface area contributed by atoms with E-state index < -0.39 is 5.82 Å². The van der Waals surface area contributed by atoms with Gasteiger partial charge in [-0.05, 0) is 56.3 Å². The highest BCUT2D eigenvalue weighted by Crippen LogP contribution is 2.37. The third-order valence-corrected chi connectivity index (χ3v) is 5.36. The molecule has 4 rings (SSSR count). The van der Waals surface area contributed by atoms with E-state index in [2.05, 4.69) is 10.3 Å². The molecule has 3 aromatic rings. The van der Waals surface area contributed by atoms with Crippen molar-refractivity contribution in [2.45, 2.75) is 18.8 Å². The number of hydrogen-bond donors (Lipinski definition) is 2. The van der Waals surface area contributed by atoms with Crippen LogP contribution in [0.4, 0.5) is 10.1 Å². The van der Waals surface area contributed by atoms with Crippen molar-refractivity contribution in [3.63, 3.8) is 0 Å². The van der Waals surface area contributed by atoms with Gasteiger partial charge in [-0.25, -0.2) is 9.37 Å². The standard InChI is InChI=1S/C22H24FN5O/c1-25-12-14-11-15(22(29-2)20(23)21(14)24)17-4-6-18-19(28-17)5-3-16(27-18)13-7-9-26-10-8-13/h3-6,11-13,26H,7-10,24H2,1-2H3. The molecule has 3 N–H and O–H groups in total. The zero-order valence-electron chi connectivity index (χ0n) is 16.6. The molecule has 1 saturated heterocycles. The number of halogens is 1. The number of nitrogen functional groups attached to an aromatic ring is 1. The number of methoxy groups -OCH3 is 1. The first-order valence-corrected chi connectivity index (χ1v) is 9.69. The highest BCUT2D eigenvalue weighted by molar-refractivity contribution is 5.91. The molecule has 0 aliphatic carbocycles. The van der Waals surface area contributed by atoms with E-state index in [1.807, 2.05) is 24.3 Å². The molecule has 0 bridgehead atoms. The summed E-state index contributed by atoms with van der Waals surface area (Å²) in [6.45, 7) is 2.04. The number of rotatable bonds is 4. The number of aromatic nitrogens is 2. The van der Waals surface area contributed by atoms with E-state index in [0.29, 0.717) is 22.7 Å². The lowest BCUT2D eigenvalue weighted by atomic mass is 9.94. The maximum Gasteiger partial charge on any atom is 0.189 e. The Balaban J connectivity index is 1.78. The summed E-state index contributed by atoms with van der Waals surface area (Å²) in [7, 11) is 3.03. The number of nitrogens with one attached hydrogen (secondary N) is 1. The van der Waals surface area contributed by atoms with Gasteiger partial charge in [0.05, 0.1) is 29.5 Å². The molecule has 150 valence electrons. The summed E-state index contributed by atoms with van der Waals surface area (Å²) in [5.74, 6) is -0.0643. The Morgan fingerprint density at radius 2 is 1.90 bits per heavy atom. The molecule has 3 heterocycles. The molecule has 29 heavy (non-hydrogen) atoms. The summed E-state index contributed by atoms with van der Waals surface area (Å²) in [6, 6.07) is 9.53. The van der Waals surface area contributed by atoms with Crippen molar-refractivity contribution in [1.82, 2.24) is 15.3 Å². The van der Waals surface area contributed by atoms with Gasteiger partial charge >= 0.3 is 0 Å². The van der Waals surface area contributed by atoms with Crippen molar-refractivity contribution in [1.29, 1.82) is 0 Å². The number of nitrogens with zero attached hydrogens (tertiary/aromatic N) is 3. The first-order chi connectivity index (χ1) is 14.1. The van der Waals surface area contributed by atoms with Gasteiger partial charge in [-0.2, -0.15) is 0 Å². The van der Waals surface area contributed by atoms with Crippen LogP contribution in [-0.4, -0.2) is 43.4 Å². The molecule has 7 heteroatoms. The quantitative estimate of drug-likeness (QED) is 0.523. The maximum absolute atomic E-state index is 14.7. The molecule has 0 radical (unpaired) electrons. The molecular weight excluding hydrogens is 369 g/mol. The molecule has 0 saturated carbocycles. The molecule has 0 amide bonds. The van der Waals surface area contributed by atoms with Gasteiger partial charge < -0.3 is 15.8 Å². The van der Waals surface area contributed by atoms with E-state index >= 15 is 0 Å². The van der Waals surface area contributed by atoms with Crippen LogP contribution in [0.15, 0.2) is 35.3 Å². The van der Waals surface area contributed by atoms with E-state index in [1.165, 1.54) is 13.3 Å². The lowest BCUT2D eigenvalue weighted by Crippen LogP contribution is -2.27. The zero-order valence-corrected chi connectivity index (χ0v) is 16.6. The number of anilines is 1. The predicted octanol–water partition coefficient (Wildman–Crippen LogP) is 3.54. The van der Waals surface area contributed by atoms with Crippen LogP contribution in [0.25, 0.3) is 22.3 Å². The lowest BCUT2D eigenvalue weighted by Gasteiger charge is -2.22. The minimum absolute atomic E-state index is 0.00488. The number of fused-ring (bicyclic) bond motifs is 1. The Morgan fingerprint density at radius 1 is 1.17 bits per heavy atom. The van der Waals surface area contributed by atoms with Crippen LogP contribution < -0.4 is 15.8 Å². The highest BCUT2D eigenvalue weighted by atomic mass is 19.1. The van der Waals surface area contributed by atoms with Crippen LogP contribution in [0.2, 0.25) is 0 Å². The van der Waals surface area contributed by atoms with Crippen molar-refractivity contribution >= 4 is 22.9 Å². The number of piperidine rings is 1. The summed E-state index contributed by atoms with van der Waals surface area (Å²) < 4.78 is 20.0. The molecule has 6 nitrogen and oxygen atoms in total. The predicted molar refractivity (Wildman–Crippen MR) is 114 cm³/mol. The zero-order chi connectivity index (χ0) is 20.4. The number of benzene rings is 1. The molecule has 1 aliphatic rings. The Hall–Kier alpha value is -3.06. The fourth-order valence-electron chi connectivity index (χ4n) is 3.82. The summed E-state index contributed by atoms with van der Waals surface area (Å²) in [5.41, 5.74) is 10.2. The molecule has 1 aliphatic heterocycles. The normalized spacial score (nSPS) is 15.3. The third kappa shape index (κ3) is 3.65. The lowest BCUT2D eigenvalue weighted by molar-refractivity contribution is 0.389. The molecular formula is C22H24FN5O. The number of hydrogen-bond acceptors (Lipinski definition) is 6. The first-order valence-electron chi connectivity index (χ1n) is 9.69. The smallest absolute Gasteiger partial charge is 0.189 e. The van der Waals surface area contributed by atoms with Crippen molar-refractivity contribution in [2.75, 3.05) is 33.0 Å². The average molecular weight is 393 g/mol. The van der Waals surface area contributed by atoms with E-state index in [4.69, 9.17) is 20.4 Å². The van der Waals surface area contributed by atoms with Crippen LogP contribution in [0.1, 0.15) is 30.0 Å². The molecule has 0 unspecified atom stereocenters. The third-order valence-electron chi connectivity index (χ3n) is 5.36. The van der Waals surface area contributed by atoms with E-state index in [1.54, 1.807) is 13.1 Å². The average Bonchev–Trinajstić information content (AvgIpc) is 2.77. The van der Waals surface area contributed by atoms with E-state index in [9.17, 15) is 4.39 Å². The van der Waals surface area contributed by atoms with Gasteiger partial charge in [-0.15, -0.1) is 0 Å². The Bertz CT molecular complexity index is 1080. The van der Waals surface area contributed by atoms with Crippen LogP contribution in [-0.2, 0) is 0 Å². The molecule has 2 aromatic heterocycles. The summed E-state index contributed by atoms with van der Waals surface area (Å²) in [4.78, 5) is 13.5. The topological polar surface area (TPSA) is 85.4 Å². The Morgan fingerprint density at radius 3 is 2.62 bits per heavy atom. The van der Waals surface area contributed by atoms with Crippen molar-refractivity contribution in [2.24, 2.45) is 4.99 Å². The molecule has 1 aromatic carbocycles. The van der Waals surface area contributed by atoms with Crippen molar-refractivity contribution in [3.05, 3.63) is 47.4 Å². The largest absolute Gasteiger partial charge is 0.493 e. The second-order valence-corrected chi connectivity index (χ2v) is 7.16. The van der Waals surface area contributed by atoms with Gasteiger partial charge in [0.2, 0.25) is 0 Å². The van der Waals surface area contributed by atoms with E-state index in [0.717, 1.165) is 42.7 Å². The van der Waals surface area contributed by atoms with Crippen LogP contribution in [0.3, 0.4) is 0 Å². The van der Waals surface area contributed by atoms with Gasteiger partial charge in [-0.3, -0.25) is 9.98 Å². The number of pyridine rings is 2. The summed E-state index contributed by atoms with van der Waals surface area (Å²) >= 11 is 0. The minimum atomic E-state index is -0.610. The molecule has 1 fully saturated rings. The second-order valence-electron chi connectivity index (χ2n) is 7.16. The fourth-order valence-corrected chi connectivity index (χ4v) is 3.82. The van der Waals surface area contributed by atoms with Gasteiger partial charge in [0.25, 0.3) is 0 Å². The second kappa shape index (κ2) is 8.13. The monoisotopic (exact) mass is 393 g/mol. The molecule has 0 atom stereocenters. The van der Waals surface area contributed by atoms with E-state index in [-0.39, 0.29) is 11.4 Å². The maximum atomic E-state index is 14.7. The minimum Gasteiger partial charge on any atom is -0.493 e. The highest BCUT2D eigenvalue weighted by Gasteiger charge is 2.20. The van der Waals surface area contributed by atoms with Gasteiger partial charge in [0, 0.05) is 36.0 Å². The number of nitrogens with two attached hydrogens (primary N) is 1. The van der Waals surface area contributed by atoms with Crippen LogP contribution in [0, 0.1) is 5.82 Å². The van der Waals surface area contributed by atoms with Gasteiger partial charge in [0.1, 0.15) is 0 Å². The number of aliphatic imine (C=N–C) groups is 1. The first kappa shape index (κ1) is 19.3. The fraction of sp³-hybridized carbons (Fsp3) is 0.318. The summed E-state index contributed by atoms with van der Waals surface area (Å²) in [5, 5.41) is 3.38. The number of ether oxygens (including phenoxy) is 1. The van der Waals surface area contributed by atoms with Gasteiger partial charge in [-0.1, -0.05) is 0 Å².